The zero-order valence-corrected chi connectivity index (χ0v) is 17.8. The quantitative estimate of drug-likeness (QED) is 0.675. The van der Waals surface area contributed by atoms with Gasteiger partial charge in [0.15, 0.2) is 0 Å². The van der Waals surface area contributed by atoms with Crippen molar-refractivity contribution in [1.29, 1.82) is 0 Å². The van der Waals surface area contributed by atoms with Gasteiger partial charge in [-0.05, 0) is 30.5 Å². The fourth-order valence-corrected chi connectivity index (χ4v) is 5.25. The molecule has 1 aliphatic heterocycles. The van der Waals surface area contributed by atoms with Gasteiger partial charge in [-0.1, -0.05) is 24.3 Å². The van der Waals surface area contributed by atoms with E-state index in [0.29, 0.717) is 26.1 Å². The van der Waals surface area contributed by atoms with Crippen LogP contribution in [0.3, 0.4) is 0 Å². The summed E-state index contributed by atoms with van der Waals surface area (Å²) < 4.78 is 40.5. The van der Waals surface area contributed by atoms with Gasteiger partial charge in [-0.15, -0.1) is 11.8 Å². The average Bonchev–Trinajstić information content (AvgIpc) is 2.73. The van der Waals surface area contributed by atoms with Crippen LogP contribution in [0.4, 0.5) is 10.1 Å². The second kappa shape index (κ2) is 9.71. The molecule has 0 saturated carbocycles. The van der Waals surface area contributed by atoms with Crippen molar-refractivity contribution in [3.8, 4) is 0 Å². The molecule has 6 nitrogen and oxygen atoms in total. The molecule has 9 heteroatoms. The van der Waals surface area contributed by atoms with Crippen molar-refractivity contribution in [2.45, 2.75) is 16.2 Å². The van der Waals surface area contributed by atoms with E-state index in [1.165, 1.54) is 22.5 Å². The number of hydrogen-bond acceptors (Lipinski definition) is 5. The fourth-order valence-electron chi connectivity index (χ4n) is 3.21. The van der Waals surface area contributed by atoms with Crippen molar-refractivity contribution >= 4 is 33.4 Å². The number of nitrogens with zero attached hydrogens (tertiary/aromatic N) is 2. The minimum absolute atomic E-state index is 0.0760. The van der Waals surface area contributed by atoms with Gasteiger partial charge in [0.25, 0.3) is 0 Å². The number of anilines is 1. The number of para-hydroxylation sites is 1. The van der Waals surface area contributed by atoms with Crippen LogP contribution in [0.1, 0.15) is 6.42 Å². The van der Waals surface area contributed by atoms with Gasteiger partial charge in [-0.3, -0.25) is 4.79 Å². The molecular weight excluding hydrogens is 413 g/mol. The number of piperazine rings is 1. The summed E-state index contributed by atoms with van der Waals surface area (Å²) in [6, 6.07) is 13.0. The van der Waals surface area contributed by atoms with Crippen molar-refractivity contribution in [3.05, 3.63) is 54.3 Å². The lowest BCUT2D eigenvalue weighted by molar-refractivity contribution is -0.116. The summed E-state index contributed by atoms with van der Waals surface area (Å²) in [7, 11) is -3.85. The molecule has 2 aromatic rings. The number of benzene rings is 2. The zero-order valence-electron chi connectivity index (χ0n) is 16.2. The van der Waals surface area contributed by atoms with Crippen LogP contribution in [0.15, 0.2) is 58.3 Å². The van der Waals surface area contributed by atoms with Crippen LogP contribution in [-0.2, 0) is 14.8 Å². The van der Waals surface area contributed by atoms with Crippen LogP contribution in [0.25, 0.3) is 0 Å². The molecule has 29 heavy (non-hydrogen) atoms. The number of carbonyl (C=O) groups is 1. The van der Waals surface area contributed by atoms with Crippen LogP contribution < -0.4 is 5.32 Å². The summed E-state index contributed by atoms with van der Waals surface area (Å²) in [6.07, 6.45) is 2.28. The largest absolute Gasteiger partial charge is 0.325 e. The van der Waals surface area contributed by atoms with E-state index in [4.69, 9.17) is 0 Å². The molecule has 3 rings (SSSR count). The smallest absolute Gasteiger partial charge is 0.246 e. The van der Waals surface area contributed by atoms with Gasteiger partial charge in [0.1, 0.15) is 10.7 Å². The summed E-state index contributed by atoms with van der Waals surface area (Å²) in [6.45, 7) is 2.09. The molecule has 0 spiro atoms. The van der Waals surface area contributed by atoms with E-state index in [-0.39, 0.29) is 23.9 Å². The SMILES string of the molecule is CSc1ccccc1NC(=O)CCN1CCN(S(=O)(=O)c2ccccc2F)CC1. The highest BCUT2D eigenvalue weighted by Gasteiger charge is 2.30. The molecule has 2 aromatic carbocycles. The van der Waals surface area contributed by atoms with Crippen molar-refractivity contribution in [3.63, 3.8) is 0 Å². The highest BCUT2D eigenvalue weighted by atomic mass is 32.2. The van der Waals surface area contributed by atoms with E-state index in [1.54, 1.807) is 11.8 Å². The molecule has 1 saturated heterocycles. The molecule has 1 N–H and O–H groups in total. The Balaban J connectivity index is 1.50. The third-order valence-electron chi connectivity index (χ3n) is 4.82. The molecular formula is C20H24FN3O3S2. The van der Waals surface area contributed by atoms with Crippen LogP contribution in [0, 0.1) is 5.82 Å². The molecule has 0 aromatic heterocycles. The second-order valence-electron chi connectivity index (χ2n) is 6.67. The van der Waals surface area contributed by atoms with Crippen LogP contribution >= 0.6 is 11.8 Å². The van der Waals surface area contributed by atoms with E-state index < -0.39 is 15.8 Å². The lowest BCUT2D eigenvalue weighted by Gasteiger charge is -2.33. The van der Waals surface area contributed by atoms with Crippen LogP contribution in [-0.4, -0.2) is 62.5 Å². The summed E-state index contributed by atoms with van der Waals surface area (Å²) in [5.41, 5.74) is 0.797. The second-order valence-corrected chi connectivity index (χ2v) is 9.43. The summed E-state index contributed by atoms with van der Waals surface area (Å²) in [5.74, 6) is -0.815. The van der Waals surface area contributed by atoms with Gasteiger partial charge in [-0.25, -0.2) is 12.8 Å². The van der Waals surface area contributed by atoms with Gasteiger partial charge in [0, 0.05) is 44.0 Å². The summed E-state index contributed by atoms with van der Waals surface area (Å²) in [5, 5.41) is 2.93. The molecule has 1 heterocycles. The number of amides is 1. The highest BCUT2D eigenvalue weighted by molar-refractivity contribution is 7.98. The molecule has 0 atom stereocenters. The van der Waals surface area contributed by atoms with Crippen molar-refractivity contribution in [2.75, 3.05) is 44.3 Å². The predicted molar refractivity (Wildman–Crippen MR) is 113 cm³/mol. The lowest BCUT2D eigenvalue weighted by Crippen LogP contribution is -2.49. The first-order chi connectivity index (χ1) is 13.9. The first-order valence-corrected chi connectivity index (χ1v) is 12.0. The monoisotopic (exact) mass is 437 g/mol. The maximum Gasteiger partial charge on any atom is 0.246 e. The third-order valence-corrected chi connectivity index (χ3v) is 7.55. The molecule has 0 aliphatic carbocycles. The predicted octanol–water partition coefficient (Wildman–Crippen LogP) is 2.88. The van der Waals surface area contributed by atoms with Gasteiger partial charge < -0.3 is 10.2 Å². The maximum absolute atomic E-state index is 13.9. The first kappa shape index (κ1) is 21.8. The maximum atomic E-state index is 13.9. The topological polar surface area (TPSA) is 69.7 Å². The van der Waals surface area contributed by atoms with Crippen molar-refractivity contribution < 1.29 is 17.6 Å². The zero-order chi connectivity index (χ0) is 20.9. The number of sulfonamides is 1. The fraction of sp³-hybridized carbons (Fsp3) is 0.350. The summed E-state index contributed by atoms with van der Waals surface area (Å²) in [4.78, 5) is 15.0. The highest BCUT2D eigenvalue weighted by Crippen LogP contribution is 2.25. The Morgan fingerprint density at radius 3 is 2.41 bits per heavy atom. The van der Waals surface area contributed by atoms with Gasteiger partial charge in [0.05, 0.1) is 5.69 Å². The molecule has 1 fully saturated rings. The number of thioether (sulfide) groups is 1. The van der Waals surface area contributed by atoms with Crippen LogP contribution in [0.2, 0.25) is 0 Å². The normalized spacial score (nSPS) is 15.9. The van der Waals surface area contributed by atoms with Crippen molar-refractivity contribution in [1.82, 2.24) is 9.21 Å². The van der Waals surface area contributed by atoms with Crippen molar-refractivity contribution in [2.24, 2.45) is 0 Å². The molecule has 156 valence electrons. The molecule has 0 bridgehead atoms. The lowest BCUT2D eigenvalue weighted by atomic mass is 10.3. The summed E-state index contributed by atoms with van der Waals surface area (Å²) >= 11 is 1.57. The Morgan fingerprint density at radius 1 is 1.07 bits per heavy atom. The Hall–Kier alpha value is -1.94. The van der Waals surface area contributed by atoms with Gasteiger partial charge in [-0.2, -0.15) is 4.31 Å². The number of rotatable bonds is 7. The number of hydrogen-bond donors (Lipinski definition) is 1. The van der Waals surface area contributed by atoms with E-state index in [0.717, 1.165) is 16.6 Å². The van der Waals surface area contributed by atoms with E-state index in [1.807, 2.05) is 35.4 Å². The minimum Gasteiger partial charge on any atom is -0.325 e. The average molecular weight is 438 g/mol. The van der Waals surface area contributed by atoms with Crippen LogP contribution in [0.5, 0.6) is 0 Å². The van der Waals surface area contributed by atoms with E-state index >= 15 is 0 Å². The van der Waals surface area contributed by atoms with E-state index in [2.05, 4.69) is 5.32 Å². The number of nitrogens with one attached hydrogen (secondary N) is 1. The van der Waals surface area contributed by atoms with Gasteiger partial charge in [0.2, 0.25) is 15.9 Å². The van der Waals surface area contributed by atoms with Gasteiger partial charge >= 0.3 is 0 Å². The standard InChI is InChI=1S/C20H24FN3O3S2/c1-28-18-8-4-3-7-17(18)22-20(25)10-11-23-12-14-24(15-13-23)29(26,27)19-9-5-2-6-16(19)21/h2-9H,10-15H2,1H3,(H,22,25). The molecule has 1 amide bonds. The Bertz CT molecular complexity index is 961. The Labute approximate surface area is 175 Å². The van der Waals surface area contributed by atoms with E-state index in [9.17, 15) is 17.6 Å². The molecule has 1 aliphatic rings. The Morgan fingerprint density at radius 2 is 1.72 bits per heavy atom. The number of halogens is 1. The first-order valence-electron chi connectivity index (χ1n) is 9.31. The molecule has 0 radical (unpaired) electrons. The Kier molecular flexibility index (Phi) is 7.28. The molecule has 0 unspecified atom stereocenters. The number of carbonyl (C=O) groups excluding carboxylic acids is 1. The minimum atomic E-state index is -3.85. The third kappa shape index (κ3) is 5.36.